The molecule has 1 saturated carbocycles. The maximum absolute atomic E-state index is 12.9. The minimum atomic E-state index is -0.110. The predicted molar refractivity (Wildman–Crippen MR) is 144 cm³/mol. The van der Waals surface area contributed by atoms with Crippen LogP contribution in [0.1, 0.15) is 70.8 Å². The number of pyridine rings is 2. The molecule has 1 fully saturated rings. The van der Waals surface area contributed by atoms with Crippen LogP contribution >= 0.6 is 0 Å². The first-order chi connectivity index (χ1) is 18.1. The molecule has 2 aromatic carbocycles. The molecule has 0 radical (unpaired) electrons. The highest BCUT2D eigenvalue weighted by molar-refractivity contribution is 5.94. The molecule has 1 aliphatic heterocycles. The molecule has 2 aromatic heterocycles. The standard InChI is InChI=1S/C31H31N3O3/c1-19-17-37-18-24-7-6-22(12-27(19)24)31(35)33-16-25-14-29-23(15-32-25)9-11-28(34-29)26-10-8-21(13-30(26)36-2)20-4-3-5-20/h6-15,19-20H,3-5,16-18H2,1-2H3,(H,33,35). The summed E-state index contributed by atoms with van der Waals surface area (Å²) in [6.45, 7) is 3.74. The van der Waals surface area contributed by atoms with Crippen molar-refractivity contribution < 1.29 is 14.3 Å². The van der Waals surface area contributed by atoms with Crippen LogP contribution in [-0.2, 0) is 17.9 Å². The lowest BCUT2D eigenvalue weighted by atomic mass is 9.79. The van der Waals surface area contributed by atoms with Crippen LogP contribution in [0.5, 0.6) is 5.75 Å². The van der Waals surface area contributed by atoms with Gasteiger partial charge < -0.3 is 14.8 Å². The molecule has 6 rings (SSSR count). The number of hydrogen-bond acceptors (Lipinski definition) is 5. The van der Waals surface area contributed by atoms with E-state index < -0.39 is 0 Å². The predicted octanol–water partition coefficient (Wildman–Crippen LogP) is 6.14. The Morgan fingerprint density at radius 1 is 1.11 bits per heavy atom. The summed E-state index contributed by atoms with van der Waals surface area (Å²) in [5.74, 6) is 1.67. The first-order valence-corrected chi connectivity index (χ1v) is 13.0. The van der Waals surface area contributed by atoms with Crippen molar-refractivity contribution in [3.8, 4) is 17.0 Å². The Morgan fingerprint density at radius 3 is 2.81 bits per heavy atom. The van der Waals surface area contributed by atoms with Crippen molar-refractivity contribution in [2.24, 2.45) is 0 Å². The average Bonchev–Trinajstić information content (AvgIpc) is 2.90. The van der Waals surface area contributed by atoms with Gasteiger partial charge in [-0.25, -0.2) is 4.98 Å². The smallest absolute Gasteiger partial charge is 0.251 e. The molecule has 4 aromatic rings. The number of benzene rings is 2. The summed E-state index contributed by atoms with van der Waals surface area (Å²) in [5, 5.41) is 3.97. The quantitative estimate of drug-likeness (QED) is 0.349. The Bertz CT molecular complexity index is 1480. The van der Waals surface area contributed by atoms with Gasteiger partial charge in [-0.2, -0.15) is 0 Å². The molecular weight excluding hydrogens is 462 g/mol. The zero-order valence-corrected chi connectivity index (χ0v) is 21.3. The van der Waals surface area contributed by atoms with Gasteiger partial charge in [-0.15, -0.1) is 0 Å². The average molecular weight is 494 g/mol. The van der Waals surface area contributed by atoms with E-state index in [9.17, 15) is 4.79 Å². The van der Waals surface area contributed by atoms with Gasteiger partial charge in [0.2, 0.25) is 0 Å². The van der Waals surface area contributed by atoms with Gasteiger partial charge in [0.1, 0.15) is 5.75 Å². The van der Waals surface area contributed by atoms with Gasteiger partial charge in [-0.05, 0) is 77.9 Å². The van der Waals surface area contributed by atoms with Crippen molar-refractivity contribution in [2.45, 2.75) is 51.2 Å². The van der Waals surface area contributed by atoms with Crippen molar-refractivity contribution in [3.63, 3.8) is 0 Å². The number of carbonyl (C=O) groups excluding carboxylic acids is 1. The highest BCUT2D eigenvalue weighted by Gasteiger charge is 2.21. The van der Waals surface area contributed by atoms with Crippen LogP contribution in [0.2, 0.25) is 0 Å². The number of ether oxygens (including phenoxy) is 2. The zero-order chi connectivity index (χ0) is 25.4. The molecule has 2 aliphatic rings. The molecule has 188 valence electrons. The molecule has 3 heterocycles. The maximum Gasteiger partial charge on any atom is 0.251 e. The molecule has 1 aliphatic carbocycles. The van der Waals surface area contributed by atoms with Crippen molar-refractivity contribution in [3.05, 3.63) is 88.7 Å². The van der Waals surface area contributed by atoms with E-state index in [1.165, 1.54) is 30.4 Å². The second-order valence-electron chi connectivity index (χ2n) is 10.2. The highest BCUT2D eigenvalue weighted by Crippen LogP contribution is 2.40. The zero-order valence-electron chi connectivity index (χ0n) is 21.3. The minimum absolute atomic E-state index is 0.110. The maximum atomic E-state index is 12.9. The van der Waals surface area contributed by atoms with Crippen molar-refractivity contribution in [2.75, 3.05) is 13.7 Å². The van der Waals surface area contributed by atoms with Gasteiger partial charge in [-0.1, -0.05) is 25.5 Å². The number of aromatic nitrogens is 2. The number of nitrogens with one attached hydrogen (secondary N) is 1. The number of methoxy groups -OCH3 is 1. The van der Waals surface area contributed by atoms with E-state index in [1.807, 2.05) is 42.6 Å². The van der Waals surface area contributed by atoms with Crippen LogP contribution in [0, 0.1) is 0 Å². The first kappa shape index (κ1) is 23.6. The Morgan fingerprint density at radius 2 is 2.00 bits per heavy atom. The topological polar surface area (TPSA) is 73.3 Å². The van der Waals surface area contributed by atoms with Gasteiger partial charge in [0.25, 0.3) is 5.91 Å². The van der Waals surface area contributed by atoms with Gasteiger partial charge in [0.05, 0.1) is 43.8 Å². The van der Waals surface area contributed by atoms with Crippen LogP contribution < -0.4 is 10.1 Å². The molecular formula is C31H31N3O3. The third kappa shape index (κ3) is 4.69. The second kappa shape index (κ2) is 9.94. The lowest BCUT2D eigenvalue weighted by Crippen LogP contribution is -2.24. The Labute approximate surface area is 217 Å². The Hall–Kier alpha value is -3.77. The molecule has 0 spiro atoms. The van der Waals surface area contributed by atoms with Crippen LogP contribution in [0.15, 0.2) is 60.8 Å². The second-order valence-corrected chi connectivity index (χ2v) is 10.2. The largest absolute Gasteiger partial charge is 0.496 e. The van der Waals surface area contributed by atoms with E-state index in [-0.39, 0.29) is 11.8 Å². The van der Waals surface area contributed by atoms with E-state index in [1.54, 1.807) is 7.11 Å². The Kier molecular flexibility index (Phi) is 6.35. The van der Waals surface area contributed by atoms with Crippen LogP contribution in [0.4, 0.5) is 0 Å². The van der Waals surface area contributed by atoms with E-state index >= 15 is 0 Å². The summed E-state index contributed by atoms with van der Waals surface area (Å²) in [5.41, 5.74) is 7.78. The van der Waals surface area contributed by atoms with Gasteiger partial charge >= 0.3 is 0 Å². The molecule has 1 amide bonds. The molecule has 1 N–H and O–H groups in total. The number of fused-ring (bicyclic) bond motifs is 2. The minimum Gasteiger partial charge on any atom is -0.496 e. The van der Waals surface area contributed by atoms with E-state index in [0.717, 1.165) is 39.2 Å². The monoisotopic (exact) mass is 493 g/mol. The van der Waals surface area contributed by atoms with Crippen molar-refractivity contribution >= 4 is 16.8 Å². The third-order valence-corrected chi connectivity index (χ3v) is 7.70. The third-order valence-electron chi connectivity index (χ3n) is 7.70. The first-order valence-electron chi connectivity index (χ1n) is 13.0. The summed E-state index contributed by atoms with van der Waals surface area (Å²) in [6.07, 6.45) is 5.62. The molecule has 1 atom stereocenters. The van der Waals surface area contributed by atoms with E-state index in [4.69, 9.17) is 14.5 Å². The van der Waals surface area contributed by atoms with Crippen LogP contribution in [0.25, 0.3) is 22.2 Å². The van der Waals surface area contributed by atoms with Gasteiger partial charge in [0.15, 0.2) is 0 Å². The highest BCUT2D eigenvalue weighted by atomic mass is 16.5. The number of rotatable bonds is 6. The lowest BCUT2D eigenvalue weighted by molar-refractivity contribution is 0.0931. The fraction of sp³-hybridized carbons (Fsp3) is 0.323. The van der Waals surface area contributed by atoms with Crippen LogP contribution in [0.3, 0.4) is 0 Å². The molecule has 1 unspecified atom stereocenters. The summed E-state index contributed by atoms with van der Waals surface area (Å²) in [7, 11) is 1.71. The summed E-state index contributed by atoms with van der Waals surface area (Å²) in [4.78, 5) is 22.3. The summed E-state index contributed by atoms with van der Waals surface area (Å²) < 4.78 is 11.3. The molecule has 6 heteroatoms. The fourth-order valence-corrected chi connectivity index (χ4v) is 5.25. The summed E-state index contributed by atoms with van der Waals surface area (Å²) >= 11 is 0. The fourth-order valence-electron chi connectivity index (χ4n) is 5.25. The number of amides is 1. The number of hydrogen-bond donors (Lipinski definition) is 1. The van der Waals surface area contributed by atoms with Gasteiger partial charge in [-0.3, -0.25) is 9.78 Å². The van der Waals surface area contributed by atoms with Crippen LogP contribution in [-0.4, -0.2) is 29.6 Å². The lowest BCUT2D eigenvalue weighted by Gasteiger charge is -2.26. The number of carbonyl (C=O) groups is 1. The van der Waals surface area contributed by atoms with E-state index in [0.29, 0.717) is 31.2 Å². The summed E-state index contributed by atoms with van der Waals surface area (Å²) in [6, 6.07) is 18.3. The van der Waals surface area contributed by atoms with E-state index in [2.05, 4.69) is 35.4 Å². The molecule has 0 bridgehead atoms. The SMILES string of the molecule is COc1cc(C2CCC2)ccc1-c1ccc2cnc(CNC(=O)c3ccc4c(c3)C(C)COC4)cc2n1. The van der Waals surface area contributed by atoms with Crippen molar-refractivity contribution in [1.29, 1.82) is 0 Å². The molecule has 37 heavy (non-hydrogen) atoms. The number of nitrogens with zero attached hydrogens (tertiary/aromatic N) is 2. The molecule has 6 nitrogen and oxygen atoms in total. The molecule has 0 saturated heterocycles. The van der Waals surface area contributed by atoms with Gasteiger partial charge in [0, 0.05) is 28.6 Å². The Balaban J connectivity index is 1.21. The van der Waals surface area contributed by atoms with Crippen molar-refractivity contribution in [1.82, 2.24) is 15.3 Å². The normalized spacial score (nSPS) is 17.2.